The minimum atomic E-state index is -7.08. The van der Waals surface area contributed by atoms with Gasteiger partial charge in [-0.25, -0.2) is 14.4 Å². The fraction of sp³-hybridized carbons (Fsp3) is 0.438. The van der Waals surface area contributed by atoms with E-state index in [1.54, 1.807) is 0 Å². The minimum Gasteiger partial charge on any atom is -0.478 e. The summed E-state index contributed by atoms with van der Waals surface area (Å²) in [6, 6.07) is 1.05. The average Bonchev–Trinajstić information content (AvgIpc) is 2.69. The summed E-state index contributed by atoms with van der Waals surface area (Å²) in [5, 5.41) is 8.92. The number of halogens is 14. The molecule has 1 atom stereocenters. The highest BCUT2D eigenvalue weighted by Crippen LogP contribution is 2.48. The normalized spacial score (nSPS) is 14.7. The average molecular weight is 560 g/mol. The predicted molar refractivity (Wildman–Crippen MR) is 80.4 cm³/mol. The lowest BCUT2D eigenvalue weighted by atomic mass is 10.1. The van der Waals surface area contributed by atoms with Gasteiger partial charge in [-0.3, -0.25) is 0 Å². The van der Waals surface area contributed by atoms with Crippen LogP contribution in [0.25, 0.3) is 0 Å². The van der Waals surface area contributed by atoms with Crippen LogP contribution in [0.3, 0.4) is 0 Å². The number of benzene rings is 1. The Morgan fingerprint density at radius 3 is 1.50 bits per heavy atom. The highest BCUT2D eigenvalue weighted by Gasteiger charge is 2.78. The number of carboxylic acid groups (broad SMARTS) is 1. The lowest BCUT2D eigenvalue weighted by Crippen LogP contribution is -2.57. The number of carboxylic acids is 1. The van der Waals surface area contributed by atoms with Crippen molar-refractivity contribution in [2.75, 3.05) is 0 Å². The van der Waals surface area contributed by atoms with Gasteiger partial charge in [-0.1, -0.05) is 12.1 Å². The zero-order valence-corrected chi connectivity index (χ0v) is 16.2. The quantitative estimate of drug-likeness (QED) is 0.276. The van der Waals surface area contributed by atoms with Crippen LogP contribution in [0.5, 0.6) is 5.75 Å². The summed E-state index contributed by atoms with van der Waals surface area (Å²) in [7, 11) is 0. The summed E-state index contributed by atoms with van der Waals surface area (Å²) in [5.41, 5.74) is -1.29. The van der Waals surface area contributed by atoms with Crippen LogP contribution < -0.4 is 4.74 Å². The van der Waals surface area contributed by atoms with E-state index in [9.17, 15) is 75.8 Å². The Kier molecular flexibility index (Phi) is 7.90. The minimum absolute atomic E-state index is 0.0637. The molecule has 0 heterocycles. The van der Waals surface area contributed by atoms with Crippen LogP contribution in [0.2, 0.25) is 0 Å². The van der Waals surface area contributed by atoms with Gasteiger partial charge < -0.3 is 14.6 Å². The van der Waals surface area contributed by atoms with Crippen LogP contribution in [-0.2, 0) is 19.1 Å². The molecule has 1 aromatic carbocycles. The summed E-state index contributed by atoms with van der Waals surface area (Å²) in [6.45, 7) is 0. The van der Waals surface area contributed by atoms with Gasteiger partial charge in [0.1, 0.15) is 5.75 Å². The van der Waals surface area contributed by atoms with E-state index in [0.717, 1.165) is 0 Å². The lowest BCUT2D eigenvalue weighted by molar-refractivity contribution is -0.349. The van der Waals surface area contributed by atoms with Crippen molar-refractivity contribution in [1.29, 1.82) is 0 Å². The summed E-state index contributed by atoms with van der Waals surface area (Å²) >= 11 is 0. The molecule has 0 aromatic heterocycles. The van der Waals surface area contributed by atoms with E-state index in [0.29, 0.717) is 18.2 Å². The van der Waals surface area contributed by atoms with Gasteiger partial charge in [0.05, 0.1) is 0 Å². The van der Waals surface area contributed by atoms with Crippen LogP contribution >= 0.6 is 0 Å². The summed E-state index contributed by atoms with van der Waals surface area (Å²) < 4.78 is 185. The number of hydrogen-bond donors (Lipinski definition) is 1. The standard InChI is InChI=1S/C16H6F14O6/c17-11(18,13(21,22)15(25,26)27)9(33)35-6-3-1-2-5(4-6)7(8(31)32)36-10(34)12(19,20)14(23,24)16(28,29)30/h1-4,7H,(H,31,32). The van der Waals surface area contributed by atoms with Crippen molar-refractivity contribution in [1.82, 2.24) is 0 Å². The fourth-order valence-electron chi connectivity index (χ4n) is 1.97. The van der Waals surface area contributed by atoms with Gasteiger partial charge in [-0.2, -0.15) is 61.5 Å². The van der Waals surface area contributed by atoms with Crippen molar-refractivity contribution in [3.63, 3.8) is 0 Å². The van der Waals surface area contributed by atoms with Gasteiger partial charge in [0.15, 0.2) is 0 Å². The number of rotatable bonds is 8. The smallest absolute Gasteiger partial charge is 0.460 e. The third kappa shape index (κ3) is 5.40. The molecule has 0 aliphatic rings. The third-order valence-corrected chi connectivity index (χ3v) is 3.83. The Labute approximate surface area is 187 Å². The molecule has 1 N–H and O–H groups in total. The van der Waals surface area contributed by atoms with E-state index in [2.05, 4.69) is 9.47 Å². The summed E-state index contributed by atoms with van der Waals surface area (Å²) in [5.74, 6) is -38.7. The first-order valence-electron chi connectivity index (χ1n) is 8.23. The second-order valence-corrected chi connectivity index (χ2v) is 6.38. The molecular formula is C16H6F14O6. The van der Waals surface area contributed by atoms with Crippen molar-refractivity contribution in [3.8, 4) is 5.75 Å². The first-order valence-corrected chi connectivity index (χ1v) is 8.23. The maximum absolute atomic E-state index is 13.4. The van der Waals surface area contributed by atoms with Gasteiger partial charge in [0.25, 0.3) is 0 Å². The Hall–Kier alpha value is -3.35. The lowest BCUT2D eigenvalue weighted by Gasteiger charge is -2.27. The van der Waals surface area contributed by atoms with Crippen LogP contribution in [0.1, 0.15) is 11.7 Å². The highest BCUT2D eigenvalue weighted by molar-refractivity contribution is 5.84. The molecule has 36 heavy (non-hydrogen) atoms. The number of alkyl halides is 14. The molecule has 1 aromatic rings. The molecule has 0 bridgehead atoms. The third-order valence-electron chi connectivity index (χ3n) is 3.83. The number of ether oxygens (including phenoxy) is 2. The Bertz CT molecular complexity index is 1010. The topological polar surface area (TPSA) is 89.9 Å². The van der Waals surface area contributed by atoms with Crippen LogP contribution in [0.4, 0.5) is 61.5 Å². The van der Waals surface area contributed by atoms with Crippen LogP contribution in [-0.4, -0.2) is 59.1 Å². The SMILES string of the molecule is O=C(O)C(OC(=O)C(F)(F)C(F)(F)C(F)(F)F)c1cccc(OC(=O)C(F)(F)C(F)(F)C(F)(F)F)c1. The van der Waals surface area contributed by atoms with E-state index in [4.69, 9.17) is 5.11 Å². The van der Waals surface area contributed by atoms with Gasteiger partial charge in [-0.15, -0.1) is 0 Å². The highest BCUT2D eigenvalue weighted by atomic mass is 19.4. The number of hydrogen-bond acceptors (Lipinski definition) is 5. The number of carbonyl (C=O) groups is 3. The van der Waals surface area contributed by atoms with E-state index in [1.165, 1.54) is 0 Å². The van der Waals surface area contributed by atoms with Crippen molar-refractivity contribution in [2.24, 2.45) is 0 Å². The molecule has 0 radical (unpaired) electrons. The molecule has 0 aliphatic carbocycles. The van der Waals surface area contributed by atoms with Crippen molar-refractivity contribution < 1.29 is 90.4 Å². The number of esters is 2. The molecule has 20 heteroatoms. The van der Waals surface area contributed by atoms with Crippen molar-refractivity contribution in [3.05, 3.63) is 29.8 Å². The van der Waals surface area contributed by atoms with E-state index < -0.39 is 71.4 Å². The van der Waals surface area contributed by atoms with Crippen molar-refractivity contribution >= 4 is 17.9 Å². The largest absolute Gasteiger partial charge is 0.478 e. The van der Waals surface area contributed by atoms with Gasteiger partial charge in [0.2, 0.25) is 6.10 Å². The molecule has 204 valence electrons. The van der Waals surface area contributed by atoms with Crippen LogP contribution in [0.15, 0.2) is 24.3 Å². The second-order valence-electron chi connectivity index (χ2n) is 6.38. The zero-order chi connectivity index (χ0) is 28.7. The molecule has 0 saturated heterocycles. The molecule has 1 unspecified atom stereocenters. The van der Waals surface area contributed by atoms with E-state index >= 15 is 0 Å². The Morgan fingerprint density at radius 1 is 0.694 bits per heavy atom. The molecule has 6 nitrogen and oxygen atoms in total. The van der Waals surface area contributed by atoms with Crippen molar-refractivity contribution in [2.45, 2.75) is 42.1 Å². The molecule has 0 amide bonds. The van der Waals surface area contributed by atoms with E-state index in [1.807, 2.05) is 0 Å². The number of carbonyl (C=O) groups excluding carboxylic acids is 2. The molecule has 0 spiro atoms. The Balaban J connectivity index is 3.29. The fourth-order valence-corrected chi connectivity index (χ4v) is 1.97. The predicted octanol–water partition coefficient (Wildman–Crippen LogP) is 4.93. The van der Waals surface area contributed by atoms with Gasteiger partial charge in [0, 0.05) is 5.56 Å². The van der Waals surface area contributed by atoms with Gasteiger partial charge >= 0.3 is 54.0 Å². The first-order chi connectivity index (χ1) is 15.8. The van der Waals surface area contributed by atoms with E-state index in [-0.39, 0.29) is 6.07 Å². The summed E-state index contributed by atoms with van der Waals surface area (Å²) in [4.78, 5) is 33.6. The molecule has 1 rings (SSSR count). The molecular weight excluding hydrogens is 554 g/mol. The molecule has 0 fully saturated rings. The zero-order valence-electron chi connectivity index (χ0n) is 16.2. The second kappa shape index (κ2) is 9.26. The maximum atomic E-state index is 13.4. The first kappa shape index (κ1) is 30.7. The summed E-state index contributed by atoms with van der Waals surface area (Å²) in [6.07, 6.45) is -17.2. The van der Waals surface area contributed by atoms with Gasteiger partial charge in [-0.05, 0) is 12.1 Å². The maximum Gasteiger partial charge on any atom is 0.460 e. The molecule has 0 aliphatic heterocycles. The Morgan fingerprint density at radius 2 is 1.11 bits per heavy atom. The molecule has 0 saturated carbocycles. The van der Waals surface area contributed by atoms with Crippen LogP contribution in [0, 0.1) is 0 Å². The monoisotopic (exact) mass is 560 g/mol. The number of aliphatic carboxylic acids is 1.